The Bertz CT molecular complexity index is 1210. The van der Waals surface area contributed by atoms with E-state index in [2.05, 4.69) is 70.4 Å². The predicted octanol–water partition coefficient (Wildman–Crippen LogP) is 5.56. The Morgan fingerprint density at radius 1 is 0.968 bits per heavy atom. The van der Waals surface area contributed by atoms with Crippen molar-refractivity contribution < 1.29 is 9.15 Å². The fraction of sp³-hybridized carbons (Fsp3) is 0.280. The highest BCUT2D eigenvalue weighted by atomic mass is 16.5. The molecule has 5 rings (SSSR count). The fourth-order valence-electron chi connectivity index (χ4n) is 4.21. The fourth-order valence-corrected chi connectivity index (χ4v) is 4.21. The third-order valence-electron chi connectivity index (χ3n) is 5.49. The first-order valence-corrected chi connectivity index (χ1v) is 10.6. The summed E-state index contributed by atoms with van der Waals surface area (Å²) in [6, 6.07) is 18.6. The first-order valence-electron chi connectivity index (χ1n) is 10.6. The molecule has 2 aromatic carbocycles. The number of nitrogens with one attached hydrogen (secondary N) is 1. The second-order valence-corrected chi connectivity index (χ2v) is 8.18. The van der Waals surface area contributed by atoms with Gasteiger partial charge in [-0.05, 0) is 67.4 Å². The molecule has 31 heavy (non-hydrogen) atoms. The van der Waals surface area contributed by atoms with E-state index in [0.717, 1.165) is 46.8 Å². The Hall–Kier alpha value is -3.38. The Labute approximate surface area is 181 Å². The van der Waals surface area contributed by atoms with Gasteiger partial charge >= 0.3 is 0 Å². The average molecular weight is 415 g/mol. The summed E-state index contributed by atoms with van der Waals surface area (Å²) in [6.07, 6.45) is 2.27. The molecule has 1 N–H and O–H groups in total. The van der Waals surface area contributed by atoms with Crippen LogP contribution in [0.2, 0.25) is 0 Å². The Morgan fingerprint density at radius 2 is 1.77 bits per heavy atom. The van der Waals surface area contributed by atoms with Gasteiger partial charge in [0.2, 0.25) is 0 Å². The second-order valence-electron chi connectivity index (χ2n) is 8.18. The highest BCUT2D eigenvalue weighted by molar-refractivity contribution is 5.81. The summed E-state index contributed by atoms with van der Waals surface area (Å²) in [5.74, 6) is 1.47. The van der Waals surface area contributed by atoms with E-state index in [1.165, 1.54) is 5.69 Å². The number of fused-ring (bicyclic) bond motifs is 1. The molecule has 1 aliphatic heterocycles. The van der Waals surface area contributed by atoms with Crippen LogP contribution in [0.4, 0.5) is 17.2 Å². The minimum atomic E-state index is 0.226. The summed E-state index contributed by atoms with van der Waals surface area (Å²) in [6.45, 7) is 7.89. The van der Waals surface area contributed by atoms with Gasteiger partial charge in [0.1, 0.15) is 11.3 Å². The lowest BCUT2D eigenvalue weighted by molar-refractivity contribution is -0.00521. The normalized spacial score (nSPS) is 19.0. The van der Waals surface area contributed by atoms with E-state index in [9.17, 15) is 0 Å². The summed E-state index contributed by atoms with van der Waals surface area (Å²) in [5, 5.41) is 3.45. The molecule has 3 heterocycles. The van der Waals surface area contributed by atoms with Crippen LogP contribution in [0, 0.1) is 6.92 Å². The zero-order valence-electron chi connectivity index (χ0n) is 18.0. The zero-order valence-corrected chi connectivity index (χ0v) is 18.0. The van der Waals surface area contributed by atoms with Gasteiger partial charge in [-0.2, -0.15) is 0 Å². The van der Waals surface area contributed by atoms with E-state index in [4.69, 9.17) is 9.15 Å². The molecule has 2 atom stereocenters. The number of nitrogens with zero attached hydrogens (tertiary/aromatic N) is 3. The van der Waals surface area contributed by atoms with Crippen molar-refractivity contribution in [2.75, 3.05) is 23.3 Å². The standard InChI is InChI=1S/C25H26N4O2/c1-16-14-29(15-17(2)30-16)22-6-4-5-21(13-22)28-25-12-20(9-10-26-25)19-7-8-23-24(11-19)31-18(3)27-23/h4-13,16-17H,14-15H2,1-3H3,(H,26,28)/t16-,17+. The molecule has 158 valence electrons. The zero-order chi connectivity index (χ0) is 21.4. The van der Waals surface area contributed by atoms with Gasteiger partial charge in [0.05, 0.1) is 12.2 Å². The smallest absolute Gasteiger partial charge is 0.192 e. The van der Waals surface area contributed by atoms with E-state index < -0.39 is 0 Å². The molecule has 1 saturated heterocycles. The molecule has 0 saturated carbocycles. The lowest BCUT2D eigenvalue weighted by atomic mass is 10.1. The number of ether oxygens (including phenoxy) is 1. The molecule has 0 unspecified atom stereocenters. The Morgan fingerprint density at radius 3 is 2.61 bits per heavy atom. The lowest BCUT2D eigenvalue weighted by Crippen LogP contribution is -2.45. The molecule has 0 aliphatic carbocycles. The maximum atomic E-state index is 5.87. The maximum Gasteiger partial charge on any atom is 0.192 e. The average Bonchev–Trinajstić information content (AvgIpc) is 3.13. The van der Waals surface area contributed by atoms with Crippen LogP contribution < -0.4 is 10.2 Å². The molecule has 2 aromatic heterocycles. The van der Waals surface area contributed by atoms with Gasteiger partial charge in [0.15, 0.2) is 11.5 Å². The largest absolute Gasteiger partial charge is 0.441 e. The molecule has 0 amide bonds. The summed E-state index contributed by atoms with van der Waals surface area (Å²) in [7, 11) is 0. The summed E-state index contributed by atoms with van der Waals surface area (Å²) >= 11 is 0. The predicted molar refractivity (Wildman–Crippen MR) is 124 cm³/mol. The molecule has 4 aromatic rings. The van der Waals surface area contributed by atoms with E-state index >= 15 is 0 Å². The van der Waals surface area contributed by atoms with Crippen LogP contribution in [0.1, 0.15) is 19.7 Å². The number of aryl methyl sites for hydroxylation is 1. The first kappa shape index (κ1) is 19.6. The summed E-state index contributed by atoms with van der Waals surface area (Å²) in [4.78, 5) is 11.3. The third-order valence-corrected chi connectivity index (χ3v) is 5.49. The maximum absolute atomic E-state index is 5.87. The minimum absolute atomic E-state index is 0.226. The molecular weight excluding hydrogens is 388 g/mol. The van der Waals surface area contributed by atoms with Crippen molar-refractivity contribution in [2.24, 2.45) is 0 Å². The van der Waals surface area contributed by atoms with Crippen molar-refractivity contribution in [3.05, 3.63) is 66.7 Å². The van der Waals surface area contributed by atoms with Gasteiger partial charge in [0, 0.05) is 37.6 Å². The molecule has 6 heteroatoms. The minimum Gasteiger partial charge on any atom is -0.441 e. The van der Waals surface area contributed by atoms with E-state index in [-0.39, 0.29) is 12.2 Å². The van der Waals surface area contributed by atoms with Crippen molar-refractivity contribution in [1.29, 1.82) is 0 Å². The molecule has 0 bridgehead atoms. The summed E-state index contributed by atoms with van der Waals surface area (Å²) < 4.78 is 11.6. The molecule has 1 fully saturated rings. The molecule has 0 radical (unpaired) electrons. The number of aromatic nitrogens is 2. The number of benzene rings is 2. The molecule has 0 spiro atoms. The number of oxazole rings is 1. The van der Waals surface area contributed by atoms with Crippen molar-refractivity contribution >= 4 is 28.3 Å². The SMILES string of the molecule is Cc1nc2ccc(-c3ccnc(Nc4cccc(N5C[C@@H](C)O[C@@H](C)C5)c4)c3)cc2o1. The van der Waals surface area contributed by atoms with Crippen LogP contribution in [0.5, 0.6) is 0 Å². The van der Waals surface area contributed by atoms with Crippen LogP contribution in [0.25, 0.3) is 22.2 Å². The monoisotopic (exact) mass is 414 g/mol. The summed E-state index contributed by atoms with van der Waals surface area (Å²) in [5.41, 5.74) is 6.00. The Kier molecular flexibility index (Phi) is 5.08. The second kappa shape index (κ2) is 8.04. The number of anilines is 3. The lowest BCUT2D eigenvalue weighted by Gasteiger charge is -2.37. The van der Waals surface area contributed by atoms with Gasteiger partial charge in [-0.3, -0.25) is 0 Å². The van der Waals surface area contributed by atoms with Gasteiger partial charge in [0.25, 0.3) is 0 Å². The quantitative estimate of drug-likeness (QED) is 0.472. The van der Waals surface area contributed by atoms with Crippen LogP contribution in [-0.2, 0) is 4.74 Å². The number of hydrogen-bond donors (Lipinski definition) is 1. The van der Waals surface area contributed by atoms with Crippen molar-refractivity contribution in [1.82, 2.24) is 9.97 Å². The van der Waals surface area contributed by atoms with Crippen LogP contribution >= 0.6 is 0 Å². The van der Waals surface area contributed by atoms with Crippen molar-refractivity contribution in [3.63, 3.8) is 0 Å². The van der Waals surface area contributed by atoms with Gasteiger partial charge < -0.3 is 19.4 Å². The van der Waals surface area contributed by atoms with E-state index in [1.807, 2.05) is 31.3 Å². The van der Waals surface area contributed by atoms with Crippen molar-refractivity contribution in [2.45, 2.75) is 33.0 Å². The van der Waals surface area contributed by atoms with Gasteiger partial charge in [-0.1, -0.05) is 12.1 Å². The number of rotatable bonds is 4. The number of pyridine rings is 1. The third kappa shape index (κ3) is 4.25. The Balaban J connectivity index is 1.38. The van der Waals surface area contributed by atoms with Gasteiger partial charge in [-0.15, -0.1) is 0 Å². The van der Waals surface area contributed by atoms with E-state index in [0.29, 0.717) is 5.89 Å². The topological polar surface area (TPSA) is 63.4 Å². The first-order chi connectivity index (χ1) is 15.0. The number of hydrogen-bond acceptors (Lipinski definition) is 6. The van der Waals surface area contributed by atoms with E-state index in [1.54, 1.807) is 0 Å². The highest BCUT2D eigenvalue weighted by Gasteiger charge is 2.22. The number of morpholine rings is 1. The molecule has 1 aliphatic rings. The van der Waals surface area contributed by atoms with Gasteiger partial charge in [-0.25, -0.2) is 9.97 Å². The van der Waals surface area contributed by atoms with Crippen molar-refractivity contribution in [3.8, 4) is 11.1 Å². The molecular formula is C25H26N4O2. The van der Waals surface area contributed by atoms with Crippen LogP contribution in [-0.4, -0.2) is 35.3 Å². The van der Waals surface area contributed by atoms with Crippen LogP contribution in [0.15, 0.2) is 65.2 Å². The molecule has 6 nitrogen and oxygen atoms in total. The van der Waals surface area contributed by atoms with Crippen LogP contribution in [0.3, 0.4) is 0 Å². The highest BCUT2D eigenvalue weighted by Crippen LogP contribution is 2.28.